The van der Waals surface area contributed by atoms with Crippen LogP contribution in [0.25, 0.3) is 0 Å². The lowest BCUT2D eigenvalue weighted by Crippen LogP contribution is -2.43. The fraction of sp³-hybridized carbons (Fsp3) is 0.538. The van der Waals surface area contributed by atoms with Crippen LogP contribution in [0.5, 0.6) is 0 Å². The first-order chi connectivity index (χ1) is 8.20. The lowest BCUT2D eigenvalue weighted by Gasteiger charge is -2.35. The Morgan fingerprint density at radius 2 is 2.12 bits per heavy atom. The third kappa shape index (κ3) is 3.35. The van der Waals surface area contributed by atoms with Crippen molar-refractivity contribution in [3.8, 4) is 0 Å². The molecule has 1 aromatic carbocycles. The van der Waals surface area contributed by atoms with Crippen molar-refractivity contribution in [3.63, 3.8) is 0 Å². The van der Waals surface area contributed by atoms with Gasteiger partial charge in [0.2, 0.25) is 0 Å². The lowest BCUT2D eigenvalue weighted by atomic mass is 10.0. The molecule has 0 bridgehead atoms. The molecule has 17 heavy (non-hydrogen) atoms. The molecule has 1 fully saturated rings. The second-order valence-corrected chi connectivity index (χ2v) is 5.44. The van der Waals surface area contributed by atoms with Crippen LogP contribution < -0.4 is 5.73 Å². The highest BCUT2D eigenvalue weighted by molar-refractivity contribution is 6.33. The van der Waals surface area contributed by atoms with Gasteiger partial charge in [0.15, 0.2) is 0 Å². The van der Waals surface area contributed by atoms with Crippen LogP contribution in [0.1, 0.15) is 24.8 Å². The summed E-state index contributed by atoms with van der Waals surface area (Å²) >= 11 is 12.2. The predicted molar refractivity (Wildman–Crippen MR) is 73.6 cm³/mol. The van der Waals surface area contributed by atoms with Crippen LogP contribution >= 0.6 is 23.2 Å². The number of hydrogen-bond acceptors (Lipinski definition) is 2. The normalized spacial score (nSPS) is 21.7. The Balaban J connectivity index is 2.10. The van der Waals surface area contributed by atoms with Gasteiger partial charge in [0.05, 0.1) is 0 Å². The van der Waals surface area contributed by atoms with Crippen LogP contribution in [-0.4, -0.2) is 24.0 Å². The number of nitrogens with zero attached hydrogens (tertiary/aromatic N) is 1. The zero-order valence-corrected chi connectivity index (χ0v) is 11.3. The van der Waals surface area contributed by atoms with Gasteiger partial charge in [0.1, 0.15) is 0 Å². The third-order valence-electron chi connectivity index (χ3n) is 3.40. The maximum atomic E-state index is 6.19. The quantitative estimate of drug-likeness (QED) is 0.915. The number of rotatable bonds is 3. The maximum Gasteiger partial charge on any atom is 0.0452 e. The highest BCUT2D eigenvalue weighted by Gasteiger charge is 2.21. The van der Waals surface area contributed by atoms with Crippen molar-refractivity contribution in [2.75, 3.05) is 13.1 Å². The van der Waals surface area contributed by atoms with Gasteiger partial charge in [-0.1, -0.05) is 29.6 Å². The molecule has 2 nitrogen and oxygen atoms in total. The first-order valence-corrected chi connectivity index (χ1v) is 6.84. The van der Waals surface area contributed by atoms with Crippen molar-refractivity contribution >= 4 is 23.2 Å². The SMILES string of the molecule is NCC1CCCCN1Cc1cc(Cl)ccc1Cl. The lowest BCUT2D eigenvalue weighted by molar-refractivity contribution is 0.145. The predicted octanol–water partition coefficient (Wildman–Crippen LogP) is 3.31. The molecule has 0 amide bonds. The molecule has 1 aliphatic rings. The third-order valence-corrected chi connectivity index (χ3v) is 4.01. The molecular formula is C13H18Cl2N2. The smallest absolute Gasteiger partial charge is 0.0452 e. The first kappa shape index (κ1) is 13.2. The molecule has 4 heteroatoms. The summed E-state index contributed by atoms with van der Waals surface area (Å²) in [6.07, 6.45) is 3.71. The molecule has 1 aromatic rings. The Morgan fingerprint density at radius 3 is 2.88 bits per heavy atom. The molecule has 94 valence electrons. The van der Waals surface area contributed by atoms with E-state index in [9.17, 15) is 0 Å². The van der Waals surface area contributed by atoms with Gasteiger partial charge in [0, 0.05) is 29.2 Å². The minimum Gasteiger partial charge on any atom is -0.329 e. The van der Waals surface area contributed by atoms with E-state index < -0.39 is 0 Å². The molecule has 0 aliphatic carbocycles. The van der Waals surface area contributed by atoms with E-state index in [2.05, 4.69) is 4.90 Å². The minimum absolute atomic E-state index is 0.485. The second-order valence-electron chi connectivity index (χ2n) is 4.59. The van der Waals surface area contributed by atoms with Crippen LogP contribution in [-0.2, 0) is 6.54 Å². The van der Waals surface area contributed by atoms with Crippen molar-refractivity contribution in [1.82, 2.24) is 4.90 Å². The molecule has 0 radical (unpaired) electrons. The van der Waals surface area contributed by atoms with Crippen molar-refractivity contribution in [2.24, 2.45) is 5.73 Å². The van der Waals surface area contributed by atoms with Gasteiger partial charge < -0.3 is 5.73 Å². The summed E-state index contributed by atoms with van der Waals surface area (Å²) in [5.41, 5.74) is 6.91. The molecule has 1 saturated heterocycles. The van der Waals surface area contributed by atoms with Crippen LogP contribution in [0.15, 0.2) is 18.2 Å². The highest BCUT2D eigenvalue weighted by atomic mass is 35.5. The summed E-state index contributed by atoms with van der Waals surface area (Å²) in [4.78, 5) is 2.42. The molecule has 2 N–H and O–H groups in total. The summed E-state index contributed by atoms with van der Waals surface area (Å²) in [6.45, 7) is 2.67. The van der Waals surface area contributed by atoms with Gasteiger partial charge >= 0.3 is 0 Å². The number of piperidine rings is 1. The van der Waals surface area contributed by atoms with Gasteiger partial charge in [-0.2, -0.15) is 0 Å². The van der Waals surface area contributed by atoms with E-state index in [-0.39, 0.29) is 0 Å². The first-order valence-electron chi connectivity index (χ1n) is 6.08. The van der Waals surface area contributed by atoms with Crippen LogP contribution in [0, 0.1) is 0 Å². The summed E-state index contributed by atoms with van der Waals surface area (Å²) in [6, 6.07) is 6.12. The second kappa shape index (κ2) is 6.05. The molecule has 1 heterocycles. The number of halogens is 2. The largest absolute Gasteiger partial charge is 0.329 e. The van der Waals surface area contributed by atoms with Gasteiger partial charge in [-0.05, 0) is 43.1 Å². The molecule has 0 spiro atoms. The molecule has 1 unspecified atom stereocenters. The molecule has 1 aliphatic heterocycles. The van der Waals surface area contributed by atoms with Crippen LogP contribution in [0.2, 0.25) is 10.0 Å². The minimum atomic E-state index is 0.485. The van der Waals surface area contributed by atoms with Crippen molar-refractivity contribution in [3.05, 3.63) is 33.8 Å². The van der Waals surface area contributed by atoms with E-state index in [0.29, 0.717) is 6.04 Å². The number of benzene rings is 1. The summed E-state index contributed by atoms with van der Waals surface area (Å²) in [5, 5.41) is 1.53. The standard InChI is InChI=1S/C13H18Cl2N2/c14-11-4-5-13(15)10(7-11)9-17-6-2-1-3-12(17)8-16/h4-5,7,12H,1-3,6,8-9,16H2. The average molecular weight is 273 g/mol. The number of nitrogens with two attached hydrogens (primary N) is 1. The average Bonchev–Trinajstić information content (AvgIpc) is 2.34. The Labute approximate surface area is 113 Å². The van der Waals surface area contributed by atoms with Gasteiger partial charge in [0.25, 0.3) is 0 Å². The summed E-state index contributed by atoms with van der Waals surface area (Å²) in [7, 11) is 0. The monoisotopic (exact) mass is 272 g/mol. The zero-order chi connectivity index (χ0) is 12.3. The van der Waals surface area contributed by atoms with Gasteiger partial charge in [-0.15, -0.1) is 0 Å². The van der Waals surface area contributed by atoms with E-state index in [1.54, 1.807) is 0 Å². The fourth-order valence-electron chi connectivity index (χ4n) is 2.42. The van der Waals surface area contributed by atoms with Crippen LogP contribution in [0.3, 0.4) is 0 Å². The van der Waals surface area contributed by atoms with Crippen LogP contribution in [0.4, 0.5) is 0 Å². The van der Waals surface area contributed by atoms with E-state index in [0.717, 1.165) is 35.2 Å². The van der Waals surface area contributed by atoms with E-state index in [1.807, 2.05) is 18.2 Å². The maximum absolute atomic E-state index is 6.19. The molecular weight excluding hydrogens is 255 g/mol. The molecule has 1 atom stereocenters. The van der Waals surface area contributed by atoms with E-state index >= 15 is 0 Å². The Hall–Kier alpha value is -0.280. The highest BCUT2D eigenvalue weighted by Crippen LogP contribution is 2.25. The Bertz CT molecular complexity index is 382. The zero-order valence-electron chi connectivity index (χ0n) is 9.83. The van der Waals surface area contributed by atoms with E-state index in [4.69, 9.17) is 28.9 Å². The van der Waals surface area contributed by atoms with E-state index in [1.165, 1.54) is 19.3 Å². The fourth-order valence-corrected chi connectivity index (χ4v) is 2.79. The number of hydrogen-bond donors (Lipinski definition) is 1. The van der Waals surface area contributed by atoms with Crippen molar-refractivity contribution in [2.45, 2.75) is 31.8 Å². The van der Waals surface area contributed by atoms with Gasteiger partial charge in [-0.25, -0.2) is 0 Å². The van der Waals surface area contributed by atoms with Crippen molar-refractivity contribution in [1.29, 1.82) is 0 Å². The van der Waals surface area contributed by atoms with Crippen molar-refractivity contribution < 1.29 is 0 Å². The topological polar surface area (TPSA) is 29.3 Å². The Morgan fingerprint density at radius 1 is 1.29 bits per heavy atom. The molecule has 2 rings (SSSR count). The molecule has 0 aromatic heterocycles. The summed E-state index contributed by atoms with van der Waals surface area (Å²) in [5.74, 6) is 0. The molecule has 0 saturated carbocycles. The van der Waals surface area contributed by atoms with Gasteiger partial charge in [-0.3, -0.25) is 4.90 Å². The Kier molecular flexibility index (Phi) is 4.69. The summed E-state index contributed by atoms with van der Waals surface area (Å²) < 4.78 is 0. The number of likely N-dealkylation sites (tertiary alicyclic amines) is 1.